The molecule has 0 atom stereocenters. The van der Waals surface area contributed by atoms with E-state index in [9.17, 15) is 0 Å². The van der Waals surface area contributed by atoms with Crippen molar-refractivity contribution in [2.75, 3.05) is 0 Å². The van der Waals surface area contributed by atoms with Gasteiger partial charge >= 0.3 is 0 Å². The largest absolute Gasteiger partial charge is 0.114 e. The average molecular weight is 147 g/mol. The van der Waals surface area contributed by atoms with Crippen LogP contribution >= 0.6 is 23.2 Å². The van der Waals surface area contributed by atoms with Crippen LogP contribution in [0.25, 0.3) is 0 Å². The second-order valence-electron chi connectivity index (χ2n) is 1.43. The van der Waals surface area contributed by atoms with Crippen LogP contribution in [0.3, 0.4) is 0 Å². The Morgan fingerprint density at radius 1 is 1.12 bits per heavy atom. The maximum absolute atomic E-state index is 5.43. The zero-order valence-electron chi connectivity index (χ0n) is 4.07. The molecule has 0 amide bonds. The van der Waals surface area contributed by atoms with Crippen molar-refractivity contribution in [2.45, 2.75) is 0 Å². The zero-order valence-corrected chi connectivity index (χ0v) is 5.58. The normalized spacial score (nSPS) is 15.5. The van der Waals surface area contributed by atoms with E-state index in [1.165, 1.54) is 0 Å². The minimum absolute atomic E-state index is 0.329. The molecular weight excluding hydrogens is 143 g/mol. The summed E-state index contributed by atoms with van der Waals surface area (Å²) in [5, 5.41) is 0. The SMILES string of the molecule is ClC(Cl)=C1C=CC=C1. The number of halogens is 2. The summed E-state index contributed by atoms with van der Waals surface area (Å²) in [6.07, 6.45) is 7.49. The van der Waals surface area contributed by atoms with Crippen LogP contribution in [0.2, 0.25) is 0 Å². The molecule has 1 aliphatic rings. The lowest BCUT2D eigenvalue weighted by atomic mass is 10.3. The Labute approximate surface area is 58.1 Å². The molecule has 0 saturated carbocycles. The molecule has 1 rings (SSSR count). The van der Waals surface area contributed by atoms with Crippen LogP contribution in [0.4, 0.5) is 0 Å². The van der Waals surface area contributed by atoms with Crippen molar-refractivity contribution in [1.29, 1.82) is 0 Å². The highest BCUT2D eigenvalue weighted by molar-refractivity contribution is 6.56. The summed E-state index contributed by atoms with van der Waals surface area (Å²) in [5.41, 5.74) is 0.883. The van der Waals surface area contributed by atoms with Crippen LogP contribution in [0, 0.1) is 0 Å². The Kier molecular flexibility index (Phi) is 1.77. The highest BCUT2D eigenvalue weighted by Crippen LogP contribution is 2.19. The van der Waals surface area contributed by atoms with Gasteiger partial charge in [-0.2, -0.15) is 0 Å². The molecule has 0 N–H and O–H groups in total. The summed E-state index contributed by atoms with van der Waals surface area (Å²) in [6, 6.07) is 0. The summed E-state index contributed by atoms with van der Waals surface area (Å²) in [5.74, 6) is 0. The maximum atomic E-state index is 5.43. The highest BCUT2D eigenvalue weighted by atomic mass is 35.5. The van der Waals surface area contributed by atoms with E-state index in [1.807, 2.05) is 24.3 Å². The standard InChI is InChI=1S/C6H4Cl2/c7-6(8)5-3-1-2-4-5/h1-4H. The summed E-state index contributed by atoms with van der Waals surface area (Å²) >= 11 is 10.9. The average Bonchev–Trinajstić information content (AvgIpc) is 2.12. The molecule has 0 radical (unpaired) electrons. The van der Waals surface area contributed by atoms with Crippen molar-refractivity contribution >= 4 is 23.2 Å². The van der Waals surface area contributed by atoms with E-state index in [2.05, 4.69) is 0 Å². The van der Waals surface area contributed by atoms with Gasteiger partial charge in [0.2, 0.25) is 0 Å². The summed E-state index contributed by atoms with van der Waals surface area (Å²) in [6.45, 7) is 0. The number of hydrogen-bond acceptors (Lipinski definition) is 0. The lowest BCUT2D eigenvalue weighted by Gasteiger charge is -1.84. The lowest BCUT2D eigenvalue weighted by Crippen LogP contribution is -1.63. The van der Waals surface area contributed by atoms with Crippen molar-refractivity contribution < 1.29 is 0 Å². The van der Waals surface area contributed by atoms with Crippen molar-refractivity contribution in [3.05, 3.63) is 34.4 Å². The Morgan fingerprint density at radius 3 is 1.88 bits per heavy atom. The molecule has 2 heteroatoms. The maximum Gasteiger partial charge on any atom is 0.114 e. The Hall–Kier alpha value is -0.200. The third-order valence-electron chi connectivity index (χ3n) is 0.881. The van der Waals surface area contributed by atoms with Crippen molar-refractivity contribution in [3.63, 3.8) is 0 Å². The van der Waals surface area contributed by atoms with Crippen molar-refractivity contribution in [1.82, 2.24) is 0 Å². The van der Waals surface area contributed by atoms with Gasteiger partial charge in [-0.1, -0.05) is 47.5 Å². The minimum Gasteiger partial charge on any atom is -0.0702 e. The Bertz CT molecular complexity index is 157. The minimum atomic E-state index is 0.329. The second-order valence-corrected chi connectivity index (χ2v) is 2.38. The van der Waals surface area contributed by atoms with Gasteiger partial charge in [0.1, 0.15) is 4.49 Å². The van der Waals surface area contributed by atoms with Crippen molar-refractivity contribution in [3.8, 4) is 0 Å². The first kappa shape index (κ1) is 5.93. The summed E-state index contributed by atoms with van der Waals surface area (Å²) in [4.78, 5) is 0. The topological polar surface area (TPSA) is 0 Å². The van der Waals surface area contributed by atoms with Gasteiger partial charge in [0, 0.05) is 5.57 Å². The quantitative estimate of drug-likeness (QED) is 0.494. The van der Waals surface area contributed by atoms with E-state index < -0.39 is 0 Å². The van der Waals surface area contributed by atoms with Crippen LogP contribution < -0.4 is 0 Å². The van der Waals surface area contributed by atoms with E-state index >= 15 is 0 Å². The van der Waals surface area contributed by atoms with Gasteiger partial charge in [0.15, 0.2) is 0 Å². The van der Waals surface area contributed by atoms with E-state index in [-0.39, 0.29) is 0 Å². The van der Waals surface area contributed by atoms with Crippen LogP contribution in [0.1, 0.15) is 0 Å². The fourth-order valence-electron chi connectivity index (χ4n) is 0.500. The van der Waals surface area contributed by atoms with E-state index in [0.29, 0.717) is 4.49 Å². The van der Waals surface area contributed by atoms with E-state index in [4.69, 9.17) is 23.2 Å². The molecule has 0 aromatic heterocycles. The molecule has 42 valence electrons. The van der Waals surface area contributed by atoms with Gasteiger partial charge in [-0.3, -0.25) is 0 Å². The molecule has 1 aliphatic carbocycles. The number of allylic oxidation sites excluding steroid dienone is 5. The molecule has 0 aliphatic heterocycles. The molecule has 0 saturated heterocycles. The van der Waals surface area contributed by atoms with Gasteiger partial charge in [-0.15, -0.1) is 0 Å². The molecule has 0 unspecified atom stereocenters. The smallest absolute Gasteiger partial charge is 0.0702 e. The third-order valence-corrected chi connectivity index (χ3v) is 1.32. The predicted octanol–water partition coefficient (Wildman–Crippen LogP) is 2.80. The van der Waals surface area contributed by atoms with Gasteiger partial charge in [0.25, 0.3) is 0 Å². The van der Waals surface area contributed by atoms with Gasteiger partial charge in [-0.25, -0.2) is 0 Å². The van der Waals surface area contributed by atoms with Crippen LogP contribution in [0.5, 0.6) is 0 Å². The predicted molar refractivity (Wildman–Crippen MR) is 37.0 cm³/mol. The first-order chi connectivity index (χ1) is 3.80. The lowest BCUT2D eigenvalue weighted by molar-refractivity contribution is 1.80. The second kappa shape index (κ2) is 2.38. The number of hydrogen-bond donors (Lipinski definition) is 0. The van der Waals surface area contributed by atoms with Gasteiger partial charge in [0.05, 0.1) is 0 Å². The van der Waals surface area contributed by atoms with Crippen LogP contribution in [0.15, 0.2) is 34.4 Å². The fourth-order valence-corrected chi connectivity index (χ4v) is 0.752. The van der Waals surface area contributed by atoms with Crippen LogP contribution in [-0.2, 0) is 0 Å². The molecular formula is C6H4Cl2. The van der Waals surface area contributed by atoms with E-state index in [0.717, 1.165) is 5.57 Å². The zero-order chi connectivity index (χ0) is 5.98. The highest BCUT2D eigenvalue weighted by Gasteiger charge is 1.95. The first-order valence-electron chi connectivity index (χ1n) is 2.21. The molecule has 0 aromatic carbocycles. The van der Waals surface area contributed by atoms with Gasteiger partial charge in [-0.05, 0) is 0 Å². The molecule has 0 bridgehead atoms. The summed E-state index contributed by atoms with van der Waals surface area (Å²) < 4.78 is 0.329. The third kappa shape index (κ3) is 1.15. The molecule has 0 nitrogen and oxygen atoms in total. The molecule has 0 fully saturated rings. The first-order valence-corrected chi connectivity index (χ1v) is 2.96. The Morgan fingerprint density at radius 2 is 1.62 bits per heavy atom. The number of rotatable bonds is 0. The monoisotopic (exact) mass is 146 g/mol. The molecule has 0 heterocycles. The molecule has 0 aromatic rings. The van der Waals surface area contributed by atoms with E-state index in [1.54, 1.807) is 0 Å². The van der Waals surface area contributed by atoms with Gasteiger partial charge < -0.3 is 0 Å². The molecule has 0 spiro atoms. The Balaban J connectivity index is 2.90. The summed E-state index contributed by atoms with van der Waals surface area (Å²) in [7, 11) is 0. The van der Waals surface area contributed by atoms with Crippen LogP contribution in [-0.4, -0.2) is 0 Å². The van der Waals surface area contributed by atoms with Crippen molar-refractivity contribution in [2.24, 2.45) is 0 Å². The molecule has 8 heavy (non-hydrogen) atoms. The fraction of sp³-hybridized carbons (Fsp3) is 0.